The third-order valence-electron chi connectivity index (χ3n) is 3.63. The maximum atomic E-state index is 11.0. The minimum absolute atomic E-state index is 0.0173. The second-order valence-corrected chi connectivity index (χ2v) is 5.75. The maximum absolute atomic E-state index is 11.0. The Kier molecular flexibility index (Phi) is 5.12. The molecule has 0 atom stereocenters. The van der Waals surface area contributed by atoms with E-state index in [9.17, 15) is 4.79 Å². The van der Waals surface area contributed by atoms with Crippen molar-refractivity contribution in [1.29, 1.82) is 0 Å². The lowest BCUT2D eigenvalue weighted by Crippen LogP contribution is -2.35. The van der Waals surface area contributed by atoms with Gasteiger partial charge in [-0.3, -0.25) is 4.79 Å². The number of hydrogen-bond acceptors (Lipinski definition) is 3. The van der Waals surface area contributed by atoms with Crippen molar-refractivity contribution in [2.45, 2.75) is 40.0 Å². The third-order valence-corrected chi connectivity index (χ3v) is 3.63. The first-order valence-corrected chi connectivity index (χ1v) is 6.64. The Balaban J connectivity index is 2.94. The van der Waals surface area contributed by atoms with Crippen LogP contribution in [0.1, 0.15) is 37.5 Å². The number of carbonyl (C=O) groups excluding carboxylic acids is 1. The Labute approximate surface area is 116 Å². The molecule has 0 heterocycles. The maximum Gasteiger partial charge on any atom is 0.143 e. The quantitative estimate of drug-likeness (QED) is 0.857. The second kappa shape index (κ2) is 6.20. The van der Waals surface area contributed by atoms with E-state index < -0.39 is 0 Å². The van der Waals surface area contributed by atoms with Crippen LogP contribution >= 0.6 is 0 Å². The van der Waals surface area contributed by atoms with Crippen LogP contribution in [0.15, 0.2) is 12.1 Å². The average Bonchev–Trinajstić information content (AvgIpc) is 2.31. The lowest BCUT2D eigenvalue weighted by molar-refractivity contribution is -0.116. The molecule has 19 heavy (non-hydrogen) atoms. The summed E-state index contributed by atoms with van der Waals surface area (Å²) < 4.78 is 5.35. The lowest BCUT2D eigenvalue weighted by Gasteiger charge is -2.28. The first kappa shape index (κ1) is 15.7. The van der Waals surface area contributed by atoms with Gasteiger partial charge in [0.2, 0.25) is 0 Å². The zero-order valence-electron chi connectivity index (χ0n) is 12.9. The fraction of sp³-hybridized carbons (Fsp3) is 0.562. The van der Waals surface area contributed by atoms with Crippen LogP contribution in [0.5, 0.6) is 5.75 Å². The van der Waals surface area contributed by atoms with Gasteiger partial charge in [0.1, 0.15) is 11.5 Å². The van der Waals surface area contributed by atoms with E-state index in [1.807, 2.05) is 6.07 Å². The van der Waals surface area contributed by atoms with E-state index >= 15 is 0 Å². The number of ether oxygens (including phenoxy) is 1. The summed E-state index contributed by atoms with van der Waals surface area (Å²) in [5.41, 5.74) is 3.71. The van der Waals surface area contributed by atoms with Crippen LogP contribution in [0.4, 0.5) is 0 Å². The highest BCUT2D eigenvalue weighted by molar-refractivity contribution is 5.77. The number of rotatable bonds is 6. The predicted octanol–water partition coefficient (Wildman–Crippen LogP) is 2.77. The summed E-state index contributed by atoms with van der Waals surface area (Å²) in [7, 11) is 1.70. The predicted molar refractivity (Wildman–Crippen MR) is 79.0 cm³/mol. The van der Waals surface area contributed by atoms with Gasteiger partial charge in [-0.1, -0.05) is 19.9 Å². The highest BCUT2D eigenvalue weighted by Gasteiger charge is 2.23. The van der Waals surface area contributed by atoms with Gasteiger partial charge in [-0.2, -0.15) is 0 Å². The van der Waals surface area contributed by atoms with Gasteiger partial charge in [0.05, 0.1) is 13.7 Å². The van der Waals surface area contributed by atoms with Crippen LogP contribution in [0.25, 0.3) is 0 Å². The molecule has 1 N–H and O–H groups in total. The summed E-state index contributed by atoms with van der Waals surface area (Å²) in [6.45, 7) is 11.4. The Hall–Kier alpha value is -1.35. The highest BCUT2D eigenvalue weighted by Crippen LogP contribution is 2.31. The molecule has 0 unspecified atom stereocenters. The highest BCUT2D eigenvalue weighted by atomic mass is 16.5. The van der Waals surface area contributed by atoms with E-state index in [2.05, 4.69) is 39.1 Å². The summed E-state index contributed by atoms with van der Waals surface area (Å²) in [4.78, 5) is 11.0. The molecule has 0 aromatic heterocycles. The van der Waals surface area contributed by atoms with Gasteiger partial charge in [-0.25, -0.2) is 0 Å². The molecule has 0 aliphatic heterocycles. The number of methoxy groups -OCH3 is 1. The molecule has 0 amide bonds. The smallest absolute Gasteiger partial charge is 0.143 e. The van der Waals surface area contributed by atoms with Crippen LogP contribution in [-0.2, 0) is 10.2 Å². The van der Waals surface area contributed by atoms with Gasteiger partial charge in [0, 0.05) is 12.0 Å². The Bertz CT molecular complexity index is 464. The first-order valence-electron chi connectivity index (χ1n) is 6.64. The SMILES string of the molecule is COc1ccc(C(C)(C)CNCC(C)=O)c(C)c1C. The molecule has 3 nitrogen and oxygen atoms in total. The normalized spacial score (nSPS) is 11.5. The molecule has 0 saturated heterocycles. The molecule has 1 aromatic rings. The van der Waals surface area contributed by atoms with Crippen molar-refractivity contribution in [2.24, 2.45) is 0 Å². The van der Waals surface area contributed by atoms with Crippen molar-refractivity contribution < 1.29 is 9.53 Å². The largest absolute Gasteiger partial charge is 0.496 e. The number of nitrogens with one attached hydrogen (secondary N) is 1. The van der Waals surface area contributed by atoms with Gasteiger partial charge < -0.3 is 10.1 Å². The number of carbonyl (C=O) groups is 1. The van der Waals surface area contributed by atoms with Crippen LogP contribution in [0.3, 0.4) is 0 Å². The zero-order valence-corrected chi connectivity index (χ0v) is 12.9. The van der Waals surface area contributed by atoms with Gasteiger partial charge >= 0.3 is 0 Å². The molecule has 0 radical (unpaired) electrons. The summed E-state index contributed by atoms with van der Waals surface area (Å²) in [5, 5.41) is 3.22. The fourth-order valence-electron chi connectivity index (χ4n) is 2.40. The molecule has 0 fully saturated rings. The summed E-state index contributed by atoms with van der Waals surface area (Å²) in [6, 6.07) is 4.14. The number of ketones is 1. The summed E-state index contributed by atoms with van der Waals surface area (Å²) >= 11 is 0. The van der Waals surface area contributed by atoms with E-state index in [1.165, 1.54) is 16.7 Å². The minimum atomic E-state index is -0.0173. The monoisotopic (exact) mass is 263 g/mol. The van der Waals surface area contributed by atoms with Crippen LogP contribution in [-0.4, -0.2) is 26.0 Å². The molecule has 0 saturated carbocycles. The Morgan fingerprint density at radius 1 is 1.26 bits per heavy atom. The Morgan fingerprint density at radius 2 is 1.89 bits per heavy atom. The molecule has 0 aliphatic rings. The molecule has 3 heteroatoms. The minimum Gasteiger partial charge on any atom is -0.496 e. The van der Waals surface area contributed by atoms with Crippen molar-refractivity contribution in [1.82, 2.24) is 5.32 Å². The molecule has 1 aromatic carbocycles. The van der Waals surface area contributed by atoms with E-state index in [-0.39, 0.29) is 11.2 Å². The number of hydrogen-bond donors (Lipinski definition) is 1. The molecular formula is C16H25NO2. The number of Topliss-reactive ketones (excluding diaryl/α,β-unsaturated/α-hetero) is 1. The van der Waals surface area contributed by atoms with Gasteiger partial charge in [0.25, 0.3) is 0 Å². The van der Waals surface area contributed by atoms with Crippen molar-refractivity contribution in [2.75, 3.05) is 20.2 Å². The molecule has 0 bridgehead atoms. The van der Waals surface area contributed by atoms with Crippen LogP contribution in [0.2, 0.25) is 0 Å². The van der Waals surface area contributed by atoms with E-state index in [0.29, 0.717) is 6.54 Å². The van der Waals surface area contributed by atoms with E-state index in [4.69, 9.17) is 4.74 Å². The molecule has 1 rings (SSSR count). The molecular weight excluding hydrogens is 238 g/mol. The summed E-state index contributed by atoms with van der Waals surface area (Å²) in [5.74, 6) is 1.09. The Morgan fingerprint density at radius 3 is 2.42 bits per heavy atom. The van der Waals surface area contributed by atoms with E-state index in [0.717, 1.165) is 12.3 Å². The number of benzene rings is 1. The topological polar surface area (TPSA) is 38.3 Å². The van der Waals surface area contributed by atoms with Crippen LogP contribution < -0.4 is 10.1 Å². The van der Waals surface area contributed by atoms with Crippen molar-refractivity contribution in [3.8, 4) is 5.75 Å². The van der Waals surface area contributed by atoms with Gasteiger partial charge in [-0.15, -0.1) is 0 Å². The standard InChI is InChI=1S/C16H25NO2/c1-11(18)9-17-10-16(4,5)14-7-8-15(19-6)13(3)12(14)2/h7-8,17H,9-10H2,1-6H3. The van der Waals surface area contributed by atoms with Crippen molar-refractivity contribution >= 4 is 5.78 Å². The average molecular weight is 263 g/mol. The second-order valence-electron chi connectivity index (χ2n) is 5.75. The summed E-state index contributed by atoms with van der Waals surface area (Å²) in [6.07, 6.45) is 0. The molecule has 106 valence electrons. The van der Waals surface area contributed by atoms with Gasteiger partial charge in [-0.05, 0) is 43.5 Å². The van der Waals surface area contributed by atoms with Crippen LogP contribution in [0, 0.1) is 13.8 Å². The zero-order chi connectivity index (χ0) is 14.6. The van der Waals surface area contributed by atoms with Crippen molar-refractivity contribution in [3.05, 3.63) is 28.8 Å². The lowest BCUT2D eigenvalue weighted by atomic mass is 9.80. The first-order chi connectivity index (χ1) is 8.79. The van der Waals surface area contributed by atoms with Gasteiger partial charge in [0.15, 0.2) is 0 Å². The van der Waals surface area contributed by atoms with Crippen molar-refractivity contribution in [3.63, 3.8) is 0 Å². The molecule has 0 aliphatic carbocycles. The third kappa shape index (κ3) is 3.80. The molecule has 0 spiro atoms. The van der Waals surface area contributed by atoms with E-state index in [1.54, 1.807) is 14.0 Å². The fourth-order valence-corrected chi connectivity index (χ4v) is 2.40.